The van der Waals surface area contributed by atoms with E-state index in [-0.39, 0.29) is 0 Å². The smallest absolute Gasteiger partial charge is 0.0642 e. The first-order valence-corrected chi connectivity index (χ1v) is 5.91. The zero-order valence-corrected chi connectivity index (χ0v) is 9.37. The van der Waals surface area contributed by atoms with Crippen molar-refractivity contribution < 1.29 is 0 Å². The van der Waals surface area contributed by atoms with E-state index in [2.05, 4.69) is 11.0 Å². The minimum atomic E-state index is 0.647. The van der Waals surface area contributed by atoms with Gasteiger partial charge in [0.2, 0.25) is 0 Å². The number of fused-ring (bicyclic) bond motifs is 3. The molecule has 1 aromatic rings. The van der Waals surface area contributed by atoms with E-state index in [4.69, 9.17) is 17.3 Å². The van der Waals surface area contributed by atoms with Gasteiger partial charge in [-0.3, -0.25) is 0 Å². The predicted octanol–water partition coefficient (Wildman–Crippen LogP) is 2.05. The molecule has 0 aromatic heterocycles. The van der Waals surface area contributed by atoms with E-state index < -0.39 is 0 Å². The van der Waals surface area contributed by atoms with Gasteiger partial charge in [0.15, 0.2) is 0 Å². The van der Waals surface area contributed by atoms with E-state index >= 15 is 0 Å². The number of anilines is 1. The van der Waals surface area contributed by atoms with Crippen molar-refractivity contribution >= 4 is 17.3 Å². The molecule has 2 unspecified atom stereocenters. The van der Waals surface area contributed by atoms with Crippen LogP contribution in [0.2, 0.25) is 5.02 Å². The van der Waals surface area contributed by atoms with Gasteiger partial charge in [0.05, 0.1) is 10.7 Å². The van der Waals surface area contributed by atoms with Crippen molar-refractivity contribution in [2.24, 2.45) is 11.7 Å². The van der Waals surface area contributed by atoms with E-state index in [0.29, 0.717) is 12.0 Å². The van der Waals surface area contributed by atoms with Crippen LogP contribution < -0.4 is 10.6 Å². The Labute approximate surface area is 95.0 Å². The minimum Gasteiger partial charge on any atom is -0.366 e. The van der Waals surface area contributed by atoms with Gasteiger partial charge in [-0.25, -0.2) is 0 Å². The predicted molar refractivity (Wildman–Crippen MR) is 63.5 cm³/mol. The molecule has 0 bridgehead atoms. The maximum absolute atomic E-state index is 6.25. The molecular formula is C12H15ClN2. The highest BCUT2D eigenvalue weighted by atomic mass is 35.5. The van der Waals surface area contributed by atoms with Crippen LogP contribution in [0.3, 0.4) is 0 Å². The molecule has 2 heterocycles. The molecule has 2 atom stereocenters. The zero-order chi connectivity index (χ0) is 10.4. The topological polar surface area (TPSA) is 29.3 Å². The lowest BCUT2D eigenvalue weighted by Crippen LogP contribution is -2.25. The van der Waals surface area contributed by atoms with Crippen LogP contribution in [-0.2, 0) is 6.42 Å². The number of hydrogen-bond donors (Lipinski definition) is 1. The van der Waals surface area contributed by atoms with E-state index in [1.54, 1.807) is 0 Å². The third-order valence-electron chi connectivity index (χ3n) is 3.65. The van der Waals surface area contributed by atoms with Gasteiger partial charge < -0.3 is 10.6 Å². The van der Waals surface area contributed by atoms with Crippen molar-refractivity contribution in [3.05, 3.63) is 28.8 Å². The number of hydrogen-bond acceptors (Lipinski definition) is 2. The first kappa shape index (κ1) is 9.49. The molecule has 2 aliphatic rings. The highest BCUT2D eigenvalue weighted by molar-refractivity contribution is 6.33. The van der Waals surface area contributed by atoms with Crippen molar-refractivity contribution in [2.75, 3.05) is 18.0 Å². The Kier molecular flexibility index (Phi) is 2.15. The highest BCUT2D eigenvalue weighted by Crippen LogP contribution is 2.43. The van der Waals surface area contributed by atoms with E-state index in [0.717, 1.165) is 24.5 Å². The average molecular weight is 223 g/mol. The molecule has 1 aromatic carbocycles. The summed E-state index contributed by atoms with van der Waals surface area (Å²) in [7, 11) is 0. The molecule has 3 rings (SSSR count). The summed E-state index contributed by atoms with van der Waals surface area (Å²) in [5.74, 6) is 0.652. The summed E-state index contributed by atoms with van der Waals surface area (Å²) in [4.78, 5) is 2.45. The van der Waals surface area contributed by atoms with Crippen molar-refractivity contribution in [1.29, 1.82) is 0 Å². The summed E-state index contributed by atoms with van der Waals surface area (Å²) in [5.41, 5.74) is 8.40. The standard InChI is InChI=1S/C12H15ClN2/c13-11-3-1-2-9-5-10-4-8(6-14)7-15(10)12(9)11/h1-3,8,10H,4-7,14H2. The maximum Gasteiger partial charge on any atom is 0.0642 e. The van der Waals surface area contributed by atoms with Gasteiger partial charge in [-0.05, 0) is 36.9 Å². The fourth-order valence-corrected chi connectivity index (χ4v) is 3.25. The third kappa shape index (κ3) is 1.35. The Morgan fingerprint density at radius 3 is 3.13 bits per heavy atom. The molecule has 2 nitrogen and oxygen atoms in total. The van der Waals surface area contributed by atoms with Gasteiger partial charge in [-0.15, -0.1) is 0 Å². The second-order valence-corrected chi connectivity index (χ2v) is 5.00. The minimum absolute atomic E-state index is 0.647. The number of para-hydroxylation sites is 1. The number of nitrogens with two attached hydrogens (primary N) is 1. The number of halogens is 1. The summed E-state index contributed by atoms with van der Waals surface area (Å²) in [6.45, 7) is 1.88. The second-order valence-electron chi connectivity index (χ2n) is 4.60. The van der Waals surface area contributed by atoms with Crippen LogP contribution in [0.4, 0.5) is 5.69 Å². The van der Waals surface area contributed by atoms with Gasteiger partial charge in [0, 0.05) is 12.6 Å². The molecule has 0 amide bonds. The maximum atomic E-state index is 6.25. The molecule has 0 radical (unpaired) electrons. The lowest BCUT2D eigenvalue weighted by atomic mass is 10.0. The largest absolute Gasteiger partial charge is 0.366 e. The molecule has 3 heteroatoms. The van der Waals surface area contributed by atoms with Crippen molar-refractivity contribution in [2.45, 2.75) is 18.9 Å². The van der Waals surface area contributed by atoms with Crippen LogP contribution in [0.1, 0.15) is 12.0 Å². The fraction of sp³-hybridized carbons (Fsp3) is 0.500. The number of benzene rings is 1. The Hall–Kier alpha value is -0.730. The SMILES string of the molecule is NCC1CC2Cc3cccc(Cl)c3N2C1. The van der Waals surface area contributed by atoms with Crippen LogP contribution >= 0.6 is 11.6 Å². The molecule has 2 N–H and O–H groups in total. The first-order valence-electron chi connectivity index (χ1n) is 5.53. The van der Waals surface area contributed by atoms with E-state index in [1.807, 2.05) is 12.1 Å². The normalized spacial score (nSPS) is 28.0. The molecule has 1 saturated heterocycles. The molecule has 2 aliphatic heterocycles. The van der Waals surface area contributed by atoms with Crippen LogP contribution in [-0.4, -0.2) is 19.1 Å². The summed E-state index contributed by atoms with van der Waals surface area (Å²) >= 11 is 6.25. The van der Waals surface area contributed by atoms with E-state index in [9.17, 15) is 0 Å². The van der Waals surface area contributed by atoms with Crippen LogP contribution in [0.15, 0.2) is 18.2 Å². The highest BCUT2D eigenvalue weighted by Gasteiger charge is 2.38. The van der Waals surface area contributed by atoms with E-state index in [1.165, 1.54) is 17.7 Å². The quantitative estimate of drug-likeness (QED) is 0.788. The molecule has 15 heavy (non-hydrogen) atoms. The van der Waals surface area contributed by atoms with Gasteiger partial charge >= 0.3 is 0 Å². The van der Waals surface area contributed by atoms with Crippen LogP contribution in [0.5, 0.6) is 0 Å². The van der Waals surface area contributed by atoms with Crippen molar-refractivity contribution in [3.8, 4) is 0 Å². The lowest BCUT2D eigenvalue weighted by Gasteiger charge is -2.19. The van der Waals surface area contributed by atoms with Gasteiger partial charge in [0.25, 0.3) is 0 Å². The monoisotopic (exact) mass is 222 g/mol. The summed E-state index contributed by atoms with van der Waals surface area (Å²) in [6, 6.07) is 6.87. The van der Waals surface area contributed by atoms with Crippen LogP contribution in [0.25, 0.3) is 0 Å². The zero-order valence-electron chi connectivity index (χ0n) is 8.62. The Balaban J connectivity index is 1.98. The Morgan fingerprint density at radius 1 is 1.47 bits per heavy atom. The number of rotatable bonds is 1. The Morgan fingerprint density at radius 2 is 2.33 bits per heavy atom. The molecule has 0 saturated carbocycles. The average Bonchev–Trinajstić information content (AvgIpc) is 2.73. The molecule has 0 aliphatic carbocycles. The van der Waals surface area contributed by atoms with Gasteiger partial charge in [-0.1, -0.05) is 23.7 Å². The molecule has 0 spiro atoms. The first-order chi connectivity index (χ1) is 7.29. The molecular weight excluding hydrogens is 208 g/mol. The van der Waals surface area contributed by atoms with Crippen molar-refractivity contribution in [1.82, 2.24) is 0 Å². The Bertz CT molecular complexity index is 391. The summed E-state index contributed by atoms with van der Waals surface area (Å²) in [5, 5.41) is 0.896. The van der Waals surface area contributed by atoms with Crippen LogP contribution in [0, 0.1) is 5.92 Å². The number of nitrogens with zero attached hydrogens (tertiary/aromatic N) is 1. The third-order valence-corrected chi connectivity index (χ3v) is 3.95. The molecule has 80 valence electrons. The second kappa shape index (κ2) is 3.39. The van der Waals surface area contributed by atoms with Crippen molar-refractivity contribution in [3.63, 3.8) is 0 Å². The lowest BCUT2D eigenvalue weighted by molar-refractivity contribution is 0.566. The fourth-order valence-electron chi connectivity index (χ4n) is 2.95. The summed E-state index contributed by atoms with van der Waals surface area (Å²) in [6.07, 6.45) is 2.37. The summed E-state index contributed by atoms with van der Waals surface area (Å²) < 4.78 is 0. The van der Waals surface area contributed by atoms with Gasteiger partial charge in [0.1, 0.15) is 0 Å². The van der Waals surface area contributed by atoms with Gasteiger partial charge in [-0.2, -0.15) is 0 Å². The molecule has 1 fully saturated rings.